The summed E-state index contributed by atoms with van der Waals surface area (Å²) in [5, 5.41) is 3.91. The highest BCUT2D eigenvalue weighted by atomic mass is 16.6. The number of nitrogens with one attached hydrogen (secondary N) is 1. The molecule has 3 unspecified atom stereocenters. The maximum atomic E-state index is 12.3. The number of hydrogen-bond donors (Lipinski definition) is 1. The van der Waals surface area contributed by atoms with Gasteiger partial charge in [-0.15, -0.1) is 0 Å². The molecular formula is C18H33N3O2. The topological polar surface area (TPSA) is 44.8 Å². The molecule has 4 aliphatic rings. The average Bonchev–Trinajstić information content (AvgIpc) is 2.46. The Morgan fingerprint density at radius 1 is 1.13 bits per heavy atom. The maximum Gasteiger partial charge on any atom is 0.410 e. The summed E-state index contributed by atoms with van der Waals surface area (Å²) in [6.07, 6.45) is 4.61. The highest BCUT2D eigenvalue weighted by Gasteiger charge is 2.37. The normalized spacial score (nSPS) is 37.7. The lowest BCUT2D eigenvalue weighted by Crippen LogP contribution is -2.60. The Morgan fingerprint density at radius 3 is 2.35 bits per heavy atom. The molecule has 0 radical (unpaired) electrons. The Balaban J connectivity index is 1.49. The van der Waals surface area contributed by atoms with Gasteiger partial charge in [0.25, 0.3) is 0 Å². The van der Waals surface area contributed by atoms with E-state index in [1.54, 1.807) is 0 Å². The van der Waals surface area contributed by atoms with Crippen molar-refractivity contribution in [3.8, 4) is 0 Å². The molecule has 4 aliphatic heterocycles. The standard InChI is InChI=1S/C18H33N3O2/c1-13-11-15(7-10-21(13)17(22)23-18(2,3)4)19-16-12-20-8-5-14(16)6-9-20/h13-16,19H,5-12H2,1-4H3. The number of fused-ring (bicyclic) bond motifs is 3. The zero-order valence-corrected chi connectivity index (χ0v) is 15.2. The fourth-order valence-electron chi connectivity index (χ4n) is 4.37. The van der Waals surface area contributed by atoms with Crippen LogP contribution in [-0.2, 0) is 4.74 Å². The van der Waals surface area contributed by atoms with Crippen LogP contribution in [0.2, 0.25) is 0 Å². The van der Waals surface area contributed by atoms with Gasteiger partial charge in [0.2, 0.25) is 0 Å². The van der Waals surface area contributed by atoms with Gasteiger partial charge in [-0.1, -0.05) is 0 Å². The highest BCUT2D eigenvalue weighted by molar-refractivity contribution is 5.68. The largest absolute Gasteiger partial charge is 0.444 e. The Bertz CT molecular complexity index is 426. The van der Waals surface area contributed by atoms with Gasteiger partial charge in [0.15, 0.2) is 0 Å². The van der Waals surface area contributed by atoms with Crippen LogP contribution >= 0.6 is 0 Å². The third-order valence-corrected chi connectivity index (χ3v) is 5.61. The number of ether oxygens (including phenoxy) is 1. The van der Waals surface area contributed by atoms with E-state index >= 15 is 0 Å². The lowest BCUT2D eigenvalue weighted by Gasteiger charge is -2.47. The van der Waals surface area contributed by atoms with Crippen LogP contribution in [0.15, 0.2) is 0 Å². The second-order valence-corrected chi connectivity index (χ2v) is 8.66. The number of rotatable bonds is 2. The molecule has 4 saturated heterocycles. The molecule has 0 aromatic heterocycles. The third kappa shape index (κ3) is 4.18. The van der Waals surface area contributed by atoms with Crippen molar-refractivity contribution in [3.63, 3.8) is 0 Å². The van der Waals surface area contributed by atoms with E-state index in [0.29, 0.717) is 12.1 Å². The molecule has 4 rings (SSSR count). The second kappa shape index (κ2) is 6.60. The van der Waals surface area contributed by atoms with E-state index < -0.39 is 5.60 Å². The molecule has 0 aliphatic carbocycles. The summed E-state index contributed by atoms with van der Waals surface area (Å²) in [6.45, 7) is 12.5. The van der Waals surface area contributed by atoms with E-state index in [9.17, 15) is 4.79 Å². The number of likely N-dealkylation sites (tertiary alicyclic amines) is 1. The first-order valence-electron chi connectivity index (χ1n) is 9.30. The molecule has 4 fully saturated rings. The maximum absolute atomic E-state index is 12.3. The summed E-state index contributed by atoms with van der Waals surface area (Å²) >= 11 is 0. The van der Waals surface area contributed by atoms with E-state index in [4.69, 9.17) is 4.74 Å². The molecule has 0 saturated carbocycles. The van der Waals surface area contributed by atoms with Crippen molar-refractivity contribution in [2.24, 2.45) is 5.92 Å². The van der Waals surface area contributed by atoms with Gasteiger partial charge in [0.05, 0.1) is 0 Å². The minimum absolute atomic E-state index is 0.161. The van der Waals surface area contributed by atoms with Crippen molar-refractivity contribution in [1.29, 1.82) is 0 Å². The Kier molecular flexibility index (Phi) is 4.88. The first-order valence-corrected chi connectivity index (χ1v) is 9.30. The van der Waals surface area contributed by atoms with Crippen molar-refractivity contribution < 1.29 is 9.53 Å². The summed E-state index contributed by atoms with van der Waals surface area (Å²) < 4.78 is 5.53. The first-order chi connectivity index (χ1) is 10.8. The van der Waals surface area contributed by atoms with Crippen LogP contribution in [0.3, 0.4) is 0 Å². The molecule has 2 bridgehead atoms. The SMILES string of the molecule is CC1CC(NC2CN3CCC2CC3)CCN1C(=O)OC(C)(C)C. The molecule has 1 N–H and O–H groups in total. The highest BCUT2D eigenvalue weighted by Crippen LogP contribution is 2.29. The van der Waals surface area contributed by atoms with Crippen molar-refractivity contribution in [1.82, 2.24) is 15.1 Å². The van der Waals surface area contributed by atoms with E-state index in [-0.39, 0.29) is 12.1 Å². The van der Waals surface area contributed by atoms with Gasteiger partial charge in [-0.05, 0) is 72.4 Å². The van der Waals surface area contributed by atoms with Crippen LogP contribution in [0.1, 0.15) is 53.4 Å². The molecule has 5 heteroatoms. The predicted octanol–water partition coefficient (Wildman–Crippen LogP) is 2.46. The zero-order chi connectivity index (χ0) is 16.6. The smallest absolute Gasteiger partial charge is 0.410 e. The first kappa shape index (κ1) is 17.0. The number of nitrogens with zero attached hydrogens (tertiary/aromatic N) is 2. The van der Waals surface area contributed by atoms with E-state index in [2.05, 4.69) is 17.1 Å². The Morgan fingerprint density at radius 2 is 1.83 bits per heavy atom. The fraction of sp³-hybridized carbons (Fsp3) is 0.944. The molecule has 5 nitrogen and oxygen atoms in total. The third-order valence-electron chi connectivity index (χ3n) is 5.61. The molecule has 0 spiro atoms. The Hall–Kier alpha value is -0.810. The van der Waals surface area contributed by atoms with E-state index in [0.717, 1.165) is 25.3 Å². The minimum Gasteiger partial charge on any atom is -0.444 e. The molecule has 3 atom stereocenters. The zero-order valence-electron chi connectivity index (χ0n) is 15.2. The number of piperidine rings is 4. The minimum atomic E-state index is -0.415. The van der Waals surface area contributed by atoms with Crippen LogP contribution in [0, 0.1) is 5.92 Å². The van der Waals surface area contributed by atoms with Crippen molar-refractivity contribution in [3.05, 3.63) is 0 Å². The van der Waals surface area contributed by atoms with Crippen LogP contribution in [0.4, 0.5) is 4.79 Å². The average molecular weight is 323 g/mol. The van der Waals surface area contributed by atoms with Crippen molar-refractivity contribution in [2.75, 3.05) is 26.2 Å². The van der Waals surface area contributed by atoms with E-state index in [1.807, 2.05) is 25.7 Å². The summed E-state index contributed by atoms with van der Waals surface area (Å²) in [5.74, 6) is 0.860. The van der Waals surface area contributed by atoms with Crippen LogP contribution < -0.4 is 5.32 Å². The number of hydrogen-bond acceptors (Lipinski definition) is 4. The number of carbonyl (C=O) groups excluding carboxylic acids is 1. The molecule has 0 aromatic rings. The van der Waals surface area contributed by atoms with Gasteiger partial charge >= 0.3 is 6.09 Å². The van der Waals surface area contributed by atoms with Gasteiger partial charge in [-0.3, -0.25) is 0 Å². The van der Waals surface area contributed by atoms with Crippen LogP contribution in [-0.4, -0.2) is 65.8 Å². The van der Waals surface area contributed by atoms with Gasteiger partial charge in [0.1, 0.15) is 5.60 Å². The summed E-state index contributed by atoms with van der Waals surface area (Å²) in [5.41, 5.74) is -0.415. The molecular weight excluding hydrogens is 290 g/mol. The monoisotopic (exact) mass is 323 g/mol. The van der Waals surface area contributed by atoms with Crippen molar-refractivity contribution >= 4 is 6.09 Å². The van der Waals surface area contributed by atoms with Gasteiger partial charge < -0.3 is 19.9 Å². The summed E-state index contributed by atoms with van der Waals surface area (Å²) in [7, 11) is 0. The molecule has 23 heavy (non-hydrogen) atoms. The number of amides is 1. The number of carbonyl (C=O) groups is 1. The fourth-order valence-corrected chi connectivity index (χ4v) is 4.37. The van der Waals surface area contributed by atoms with Crippen LogP contribution in [0.25, 0.3) is 0 Å². The van der Waals surface area contributed by atoms with E-state index in [1.165, 1.54) is 32.5 Å². The quantitative estimate of drug-likeness (QED) is 0.848. The van der Waals surface area contributed by atoms with Crippen LogP contribution in [0.5, 0.6) is 0 Å². The summed E-state index contributed by atoms with van der Waals surface area (Å²) in [4.78, 5) is 16.8. The molecule has 0 aromatic carbocycles. The van der Waals surface area contributed by atoms with Crippen molar-refractivity contribution in [2.45, 2.75) is 77.1 Å². The van der Waals surface area contributed by atoms with Gasteiger partial charge in [-0.2, -0.15) is 0 Å². The molecule has 132 valence electrons. The lowest BCUT2D eigenvalue weighted by atomic mass is 9.83. The summed E-state index contributed by atoms with van der Waals surface area (Å²) in [6, 6.07) is 1.44. The molecule has 4 heterocycles. The van der Waals surface area contributed by atoms with Gasteiger partial charge in [0, 0.05) is 31.2 Å². The lowest BCUT2D eigenvalue weighted by molar-refractivity contribution is 0.00620. The Labute approximate surface area is 140 Å². The van der Waals surface area contributed by atoms with Gasteiger partial charge in [-0.25, -0.2) is 4.79 Å². The predicted molar refractivity (Wildman–Crippen MR) is 91.5 cm³/mol. The second-order valence-electron chi connectivity index (χ2n) is 8.66. The molecule has 1 amide bonds.